The van der Waals surface area contributed by atoms with Gasteiger partial charge in [0.2, 0.25) is 0 Å². The van der Waals surface area contributed by atoms with Crippen molar-refractivity contribution < 1.29 is 4.92 Å². The molecule has 0 amide bonds. The van der Waals surface area contributed by atoms with E-state index in [1.165, 1.54) is 25.7 Å². The van der Waals surface area contributed by atoms with Crippen LogP contribution >= 0.6 is 0 Å². The molecule has 1 aromatic rings. The van der Waals surface area contributed by atoms with E-state index in [9.17, 15) is 10.1 Å². The molecule has 4 nitrogen and oxygen atoms in total. The predicted octanol–water partition coefficient (Wildman–Crippen LogP) is 3.57. The number of nitrogens with one attached hydrogen (secondary N) is 1. The van der Waals surface area contributed by atoms with Crippen LogP contribution in [0.15, 0.2) is 18.2 Å². The van der Waals surface area contributed by atoms with E-state index in [2.05, 4.69) is 12.2 Å². The Kier molecular flexibility index (Phi) is 4.53. The summed E-state index contributed by atoms with van der Waals surface area (Å²) in [6.45, 7) is 4.81. The Morgan fingerprint density at radius 2 is 2.21 bits per heavy atom. The molecule has 0 saturated heterocycles. The Hall–Kier alpha value is -1.42. The second-order valence-corrected chi connectivity index (χ2v) is 5.48. The monoisotopic (exact) mass is 262 g/mol. The molecule has 2 atom stereocenters. The highest BCUT2D eigenvalue weighted by Crippen LogP contribution is 2.28. The van der Waals surface area contributed by atoms with Crippen LogP contribution in [-0.2, 0) is 6.54 Å². The molecule has 0 heterocycles. The van der Waals surface area contributed by atoms with Gasteiger partial charge in [0.05, 0.1) is 4.92 Å². The molecular formula is C15H22N2O2. The van der Waals surface area contributed by atoms with E-state index in [0.29, 0.717) is 6.04 Å². The normalized spacial score (nSPS) is 22.6. The molecular weight excluding hydrogens is 240 g/mol. The number of nitro benzene ring substituents is 1. The number of hydrogen-bond acceptors (Lipinski definition) is 3. The third-order valence-electron chi connectivity index (χ3n) is 4.31. The van der Waals surface area contributed by atoms with Crippen LogP contribution in [0.5, 0.6) is 0 Å². The Morgan fingerprint density at radius 3 is 2.84 bits per heavy atom. The Bertz CT molecular complexity index is 459. The van der Waals surface area contributed by atoms with Crippen LogP contribution in [-0.4, -0.2) is 11.0 Å². The van der Waals surface area contributed by atoms with Crippen molar-refractivity contribution in [3.8, 4) is 0 Å². The van der Waals surface area contributed by atoms with Crippen molar-refractivity contribution in [2.24, 2.45) is 5.92 Å². The van der Waals surface area contributed by atoms with Crippen LogP contribution in [0.4, 0.5) is 5.69 Å². The molecule has 1 saturated carbocycles. The zero-order valence-electron chi connectivity index (χ0n) is 11.7. The van der Waals surface area contributed by atoms with Gasteiger partial charge in [0.1, 0.15) is 0 Å². The minimum atomic E-state index is -0.304. The smallest absolute Gasteiger partial charge is 0.272 e. The van der Waals surface area contributed by atoms with Crippen LogP contribution < -0.4 is 5.32 Å². The van der Waals surface area contributed by atoms with E-state index < -0.39 is 0 Å². The van der Waals surface area contributed by atoms with Gasteiger partial charge in [-0.1, -0.05) is 25.5 Å². The van der Waals surface area contributed by atoms with E-state index in [4.69, 9.17) is 0 Å². The molecule has 1 aliphatic rings. The zero-order chi connectivity index (χ0) is 13.8. The van der Waals surface area contributed by atoms with Crippen molar-refractivity contribution in [3.63, 3.8) is 0 Å². The molecule has 0 spiro atoms. The standard InChI is InChI=1S/C15H22N2O2/c1-3-12-7-8-14(9-12)16-10-13-5-4-6-15(11(13)2)17(18)19/h4-6,12,14,16H,3,7-10H2,1-2H3. The van der Waals surface area contributed by atoms with Crippen molar-refractivity contribution >= 4 is 5.69 Å². The third kappa shape index (κ3) is 3.32. The average Bonchev–Trinajstić information content (AvgIpc) is 2.85. The Labute approximate surface area is 114 Å². The van der Waals surface area contributed by atoms with Gasteiger partial charge in [-0.3, -0.25) is 10.1 Å². The van der Waals surface area contributed by atoms with E-state index >= 15 is 0 Å². The highest BCUT2D eigenvalue weighted by Gasteiger charge is 2.23. The lowest BCUT2D eigenvalue weighted by molar-refractivity contribution is -0.385. The molecule has 1 aliphatic carbocycles. The number of nitrogens with zero attached hydrogens (tertiary/aromatic N) is 1. The lowest BCUT2D eigenvalue weighted by atomic mass is 10.0. The molecule has 1 fully saturated rings. The van der Waals surface area contributed by atoms with Crippen molar-refractivity contribution in [2.75, 3.05) is 0 Å². The Morgan fingerprint density at radius 1 is 1.42 bits per heavy atom. The van der Waals surface area contributed by atoms with E-state index in [-0.39, 0.29) is 10.6 Å². The highest BCUT2D eigenvalue weighted by molar-refractivity contribution is 5.44. The van der Waals surface area contributed by atoms with Crippen molar-refractivity contribution in [2.45, 2.75) is 52.1 Å². The molecule has 104 valence electrons. The van der Waals surface area contributed by atoms with Crippen LogP contribution in [0.1, 0.15) is 43.7 Å². The van der Waals surface area contributed by atoms with Gasteiger partial charge < -0.3 is 5.32 Å². The molecule has 2 rings (SSSR count). The summed E-state index contributed by atoms with van der Waals surface area (Å²) in [7, 11) is 0. The third-order valence-corrected chi connectivity index (χ3v) is 4.31. The van der Waals surface area contributed by atoms with E-state index in [0.717, 1.165) is 23.6 Å². The maximum absolute atomic E-state index is 10.9. The number of benzene rings is 1. The topological polar surface area (TPSA) is 55.2 Å². The average molecular weight is 262 g/mol. The summed E-state index contributed by atoms with van der Waals surface area (Å²) in [5.74, 6) is 0.851. The summed E-state index contributed by atoms with van der Waals surface area (Å²) < 4.78 is 0. The fourth-order valence-corrected chi connectivity index (χ4v) is 2.94. The first kappa shape index (κ1) is 14.0. The molecule has 0 aliphatic heterocycles. The molecule has 0 radical (unpaired) electrons. The summed E-state index contributed by atoms with van der Waals surface area (Å²) in [5, 5.41) is 14.4. The van der Waals surface area contributed by atoms with Crippen LogP contribution in [0, 0.1) is 23.0 Å². The number of hydrogen-bond donors (Lipinski definition) is 1. The lowest BCUT2D eigenvalue weighted by Gasteiger charge is -2.14. The minimum absolute atomic E-state index is 0.220. The SMILES string of the molecule is CCC1CCC(NCc2cccc([N+](=O)[O-])c2C)C1. The quantitative estimate of drug-likeness (QED) is 0.652. The van der Waals surface area contributed by atoms with E-state index in [1.54, 1.807) is 12.1 Å². The second kappa shape index (κ2) is 6.15. The molecule has 1 N–H and O–H groups in total. The van der Waals surface area contributed by atoms with Gasteiger partial charge >= 0.3 is 0 Å². The summed E-state index contributed by atoms with van der Waals surface area (Å²) in [6.07, 6.45) is 5.03. The lowest BCUT2D eigenvalue weighted by Crippen LogP contribution is -2.26. The summed E-state index contributed by atoms with van der Waals surface area (Å²) in [4.78, 5) is 10.6. The van der Waals surface area contributed by atoms with Crippen molar-refractivity contribution in [1.82, 2.24) is 5.32 Å². The maximum Gasteiger partial charge on any atom is 0.272 e. The van der Waals surface area contributed by atoms with E-state index in [1.807, 2.05) is 13.0 Å². The second-order valence-electron chi connectivity index (χ2n) is 5.48. The van der Waals surface area contributed by atoms with Gasteiger partial charge in [-0.15, -0.1) is 0 Å². The molecule has 19 heavy (non-hydrogen) atoms. The molecule has 1 aromatic carbocycles. The largest absolute Gasteiger partial charge is 0.310 e. The molecule has 4 heteroatoms. The van der Waals surface area contributed by atoms with Crippen LogP contribution in [0.25, 0.3) is 0 Å². The highest BCUT2D eigenvalue weighted by atomic mass is 16.6. The maximum atomic E-state index is 10.9. The minimum Gasteiger partial charge on any atom is -0.310 e. The first-order valence-electron chi connectivity index (χ1n) is 7.08. The number of nitro groups is 1. The van der Waals surface area contributed by atoms with Gasteiger partial charge in [-0.2, -0.15) is 0 Å². The van der Waals surface area contributed by atoms with Gasteiger partial charge in [0, 0.05) is 24.2 Å². The fraction of sp³-hybridized carbons (Fsp3) is 0.600. The predicted molar refractivity (Wildman–Crippen MR) is 76.1 cm³/mol. The molecule has 0 aromatic heterocycles. The molecule has 0 bridgehead atoms. The fourth-order valence-electron chi connectivity index (χ4n) is 2.94. The van der Waals surface area contributed by atoms with Gasteiger partial charge in [-0.25, -0.2) is 0 Å². The van der Waals surface area contributed by atoms with Gasteiger partial charge in [0.25, 0.3) is 5.69 Å². The van der Waals surface area contributed by atoms with Crippen molar-refractivity contribution in [3.05, 3.63) is 39.4 Å². The Balaban J connectivity index is 1.97. The summed E-state index contributed by atoms with van der Waals surface area (Å²) >= 11 is 0. The number of rotatable bonds is 5. The van der Waals surface area contributed by atoms with Crippen LogP contribution in [0.3, 0.4) is 0 Å². The van der Waals surface area contributed by atoms with Crippen molar-refractivity contribution in [1.29, 1.82) is 0 Å². The molecule has 2 unspecified atom stereocenters. The zero-order valence-corrected chi connectivity index (χ0v) is 11.7. The van der Waals surface area contributed by atoms with Crippen LogP contribution in [0.2, 0.25) is 0 Å². The summed E-state index contributed by atoms with van der Waals surface area (Å²) in [5.41, 5.74) is 2.04. The first-order valence-corrected chi connectivity index (χ1v) is 7.08. The summed E-state index contributed by atoms with van der Waals surface area (Å²) in [6, 6.07) is 5.89. The van der Waals surface area contributed by atoms with Gasteiger partial charge in [0.15, 0.2) is 0 Å². The van der Waals surface area contributed by atoms with Gasteiger partial charge in [-0.05, 0) is 37.7 Å². The first-order chi connectivity index (χ1) is 9.11.